The third-order valence-electron chi connectivity index (χ3n) is 4.99. The Bertz CT molecular complexity index is 785. The number of amides is 2. The Morgan fingerprint density at radius 1 is 1.07 bits per heavy atom. The van der Waals surface area contributed by atoms with Crippen LogP contribution in [0, 0.1) is 0 Å². The molecule has 1 aliphatic rings. The van der Waals surface area contributed by atoms with Gasteiger partial charge in [0.15, 0.2) is 0 Å². The molecule has 3 rings (SSSR count). The Hall–Kier alpha value is -2.53. The minimum Gasteiger partial charge on any atom is -0.465 e. The molecule has 2 aromatic rings. The minimum atomic E-state index is -0.700. The summed E-state index contributed by atoms with van der Waals surface area (Å²) in [5.74, 6) is -0.214. The standard InChI is InChI=1S/C21H23ClN2O3/c1-2-27-19(25)21(16-6-4-3-5-7-16)12-14-24(15-13-21)20(26)23-18-10-8-17(22)9-11-18/h3-11H,2,12-15H2,1H3,(H,23,26). The van der Waals surface area contributed by atoms with E-state index in [0.717, 1.165) is 5.56 Å². The summed E-state index contributed by atoms with van der Waals surface area (Å²) < 4.78 is 5.37. The number of esters is 1. The second-order valence-electron chi connectivity index (χ2n) is 6.59. The summed E-state index contributed by atoms with van der Waals surface area (Å²) in [5, 5.41) is 3.49. The zero-order valence-electron chi connectivity index (χ0n) is 15.3. The van der Waals surface area contributed by atoms with Gasteiger partial charge in [-0.3, -0.25) is 4.79 Å². The number of rotatable bonds is 4. The molecule has 6 heteroatoms. The molecule has 5 nitrogen and oxygen atoms in total. The Labute approximate surface area is 164 Å². The summed E-state index contributed by atoms with van der Waals surface area (Å²) in [6.45, 7) is 3.11. The number of halogens is 1. The van der Waals surface area contributed by atoms with Crippen LogP contribution >= 0.6 is 11.6 Å². The summed E-state index contributed by atoms with van der Waals surface area (Å²) >= 11 is 5.87. The van der Waals surface area contributed by atoms with Crippen molar-refractivity contribution < 1.29 is 14.3 Å². The maximum atomic E-state index is 12.8. The van der Waals surface area contributed by atoms with E-state index in [0.29, 0.717) is 43.2 Å². The van der Waals surface area contributed by atoms with Crippen LogP contribution in [0.3, 0.4) is 0 Å². The normalized spacial score (nSPS) is 15.9. The SMILES string of the molecule is CCOC(=O)C1(c2ccccc2)CCN(C(=O)Nc2ccc(Cl)cc2)CC1. The lowest BCUT2D eigenvalue weighted by Crippen LogP contribution is -2.50. The molecule has 0 spiro atoms. The van der Waals surface area contributed by atoms with E-state index in [9.17, 15) is 9.59 Å². The molecular formula is C21H23ClN2O3. The maximum absolute atomic E-state index is 12.8. The van der Waals surface area contributed by atoms with Gasteiger partial charge < -0.3 is 15.0 Å². The Morgan fingerprint density at radius 2 is 1.70 bits per heavy atom. The molecule has 0 unspecified atom stereocenters. The lowest BCUT2D eigenvalue weighted by Gasteiger charge is -2.40. The van der Waals surface area contributed by atoms with Crippen LogP contribution in [0.15, 0.2) is 54.6 Å². The van der Waals surface area contributed by atoms with Crippen LogP contribution in [0.4, 0.5) is 10.5 Å². The molecule has 2 aromatic carbocycles. The quantitative estimate of drug-likeness (QED) is 0.789. The van der Waals surface area contributed by atoms with E-state index in [1.165, 1.54) is 0 Å². The number of benzene rings is 2. The number of nitrogens with zero attached hydrogens (tertiary/aromatic N) is 1. The van der Waals surface area contributed by atoms with Crippen LogP contribution in [0.2, 0.25) is 5.02 Å². The van der Waals surface area contributed by atoms with Crippen molar-refractivity contribution in [2.45, 2.75) is 25.2 Å². The van der Waals surface area contributed by atoms with Gasteiger partial charge in [-0.2, -0.15) is 0 Å². The Balaban J connectivity index is 1.71. The lowest BCUT2D eigenvalue weighted by atomic mass is 9.73. The molecule has 142 valence electrons. The highest BCUT2D eigenvalue weighted by molar-refractivity contribution is 6.30. The van der Waals surface area contributed by atoms with Crippen molar-refractivity contribution in [2.24, 2.45) is 0 Å². The fourth-order valence-electron chi connectivity index (χ4n) is 3.46. The number of anilines is 1. The summed E-state index contributed by atoms with van der Waals surface area (Å²) in [4.78, 5) is 27.1. The summed E-state index contributed by atoms with van der Waals surface area (Å²) in [6.07, 6.45) is 1.06. The highest BCUT2D eigenvalue weighted by Crippen LogP contribution is 2.37. The number of carbonyl (C=O) groups excluding carboxylic acids is 2. The molecule has 1 aliphatic heterocycles. The molecule has 1 saturated heterocycles. The third kappa shape index (κ3) is 4.25. The van der Waals surface area contributed by atoms with Gasteiger partial charge in [-0.05, 0) is 49.6 Å². The number of hydrogen-bond donors (Lipinski definition) is 1. The molecule has 0 atom stereocenters. The van der Waals surface area contributed by atoms with Crippen LogP contribution in [0.25, 0.3) is 0 Å². The zero-order valence-corrected chi connectivity index (χ0v) is 16.0. The highest BCUT2D eigenvalue weighted by Gasteiger charge is 2.44. The first kappa shape index (κ1) is 19.2. The first-order valence-corrected chi connectivity index (χ1v) is 9.47. The van der Waals surface area contributed by atoms with Gasteiger partial charge in [0.2, 0.25) is 0 Å². The monoisotopic (exact) mass is 386 g/mol. The Morgan fingerprint density at radius 3 is 2.30 bits per heavy atom. The minimum absolute atomic E-state index is 0.178. The number of likely N-dealkylation sites (tertiary alicyclic amines) is 1. The van der Waals surface area contributed by atoms with Crippen molar-refractivity contribution in [2.75, 3.05) is 25.0 Å². The van der Waals surface area contributed by atoms with E-state index < -0.39 is 5.41 Å². The van der Waals surface area contributed by atoms with Crippen molar-refractivity contribution >= 4 is 29.3 Å². The molecule has 2 amide bonds. The fraction of sp³-hybridized carbons (Fsp3) is 0.333. The third-order valence-corrected chi connectivity index (χ3v) is 5.24. The second kappa shape index (κ2) is 8.44. The van der Waals surface area contributed by atoms with Gasteiger partial charge >= 0.3 is 12.0 Å². The van der Waals surface area contributed by atoms with E-state index in [-0.39, 0.29) is 12.0 Å². The highest BCUT2D eigenvalue weighted by atomic mass is 35.5. The topological polar surface area (TPSA) is 58.6 Å². The predicted octanol–water partition coefficient (Wildman–Crippen LogP) is 4.47. The maximum Gasteiger partial charge on any atom is 0.321 e. The van der Waals surface area contributed by atoms with Gasteiger partial charge in [-0.25, -0.2) is 4.79 Å². The number of urea groups is 1. The van der Waals surface area contributed by atoms with E-state index in [2.05, 4.69) is 5.32 Å². The first-order chi connectivity index (χ1) is 13.0. The van der Waals surface area contributed by atoms with E-state index in [1.54, 1.807) is 29.2 Å². The molecule has 1 fully saturated rings. The smallest absolute Gasteiger partial charge is 0.321 e. The van der Waals surface area contributed by atoms with Gasteiger partial charge in [0, 0.05) is 23.8 Å². The summed E-state index contributed by atoms with van der Waals surface area (Å²) in [6, 6.07) is 16.5. The number of nitrogens with one attached hydrogen (secondary N) is 1. The lowest BCUT2D eigenvalue weighted by molar-refractivity contribution is -0.152. The van der Waals surface area contributed by atoms with E-state index in [1.807, 2.05) is 37.3 Å². The number of carbonyl (C=O) groups is 2. The van der Waals surface area contributed by atoms with Gasteiger partial charge in [0.05, 0.1) is 12.0 Å². The van der Waals surface area contributed by atoms with Gasteiger partial charge in [-0.1, -0.05) is 41.9 Å². The van der Waals surface area contributed by atoms with E-state index >= 15 is 0 Å². The number of ether oxygens (including phenoxy) is 1. The molecule has 0 saturated carbocycles. The van der Waals surface area contributed by atoms with Crippen molar-refractivity contribution in [3.63, 3.8) is 0 Å². The average Bonchev–Trinajstić information content (AvgIpc) is 2.70. The van der Waals surface area contributed by atoms with Crippen LogP contribution in [0.5, 0.6) is 0 Å². The van der Waals surface area contributed by atoms with Crippen molar-refractivity contribution in [3.05, 3.63) is 65.2 Å². The molecule has 1 N–H and O–H groups in total. The molecule has 1 heterocycles. The van der Waals surface area contributed by atoms with Crippen molar-refractivity contribution in [3.8, 4) is 0 Å². The van der Waals surface area contributed by atoms with Crippen molar-refractivity contribution in [1.82, 2.24) is 4.90 Å². The molecule has 27 heavy (non-hydrogen) atoms. The van der Waals surface area contributed by atoms with Gasteiger partial charge in [-0.15, -0.1) is 0 Å². The number of piperidine rings is 1. The average molecular weight is 387 g/mol. The first-order valence-electron chi connectivity index (χ1n) is 9.09. The van der Waals surface area contributed by atoms with E-state index in [4.69, 9.17) is 16.3 Å². The summed E-state index contributed by atoms with van der Waals surface area (Å²) in [5.41, 5.74) is 0.935. The largest absolute Gasteiger partial charge is 0.465 e. The number of hydrogen-bond acceptors (Lipinski definition) is 3. The molecule has 0 radical (unpaired) electrons. The van der Waals surface area contributed by atoms with Crippen LogP contribution in [0.1, 0.15) is 25.3 Å². The Kier molecular flexibility index (Phi) is 6.01. The summed E-state index contributed by atoms with van der Waals surface area (Å²) in [7, 11) is 0. The van der Waals surface area contributed by atoms with Gasteiger partial charge in [0.25, 0.3) is 0 Å². The zero-order chi connectivity index (χ0) is 19.3. The molecular weight excluding hydrogens is 364 g/mol. The second-order valence-corrected chi connectivity index (χ2v) is 7.03. The van der Waals surface area contributed by atoms with Crippen LogP contribution in [-0.2, 0) is 14.9 Å². The van der Waals surface area contributed by atoms with Crippen LogP contribution in [-0.4, -0.2) is 36.6 Å². The molecule has 0 aliphatic carbocycles. The molecule has 0 aromatic heterocycles. The van der Waals surface area contributed by atoms with Gasteiger partial charge in [0.1, 0.15) is 0 Å². The molecule has 0 bridgehead atoms. The fourth-order valence-corrected chi connectivity index (χ4v) is 3.59. The predicted molar refractivity (Wildman–Crippen MR) is 106 cm³/mol. The van der Waals surface area contributed by atoms with Crippen molar-refractivity contribution in [1.29, 1.82) is 0 Å². The van der Waals surface area contributed by atoms with Crippen LogP contribution < -0.4 is 5.32 Å².